The van der Waals surface area contributed by atoms with Gasteiger partial charge in [0.25, 0.3) is 0 Å². The Balaban J connectivity index is 0. The summed E-state index contributed by atoms with van der Waals surface area (Å²) in [5, 5.41) is 23.0. The van der Waals surface area contributed by atoms with Crippen molar-refractivity contribution in [3.63, 3.8) is 0 Å². The van der Waals surface area contributed by atoms with Crippen LogP contribution in [0.15, 0.2) is 0 Å². The lowest BCUT2D eigenvalue weighted by molar-refractivity contribution is 1.49. The number of nitriles is 3. The van der Waals surface area contributed by atoms with Gasteiger partial charge < -0.3 is 12.6 Å². The molecule has 0 atom stereocenters. The molecule has 0 N–H and O–H groups in total. The quantitative estimate of drug-likeness (QED) is 0.326. The molecule has 0 fully saturated rings. The summed E-state index contributed by atoms with van der Waals surface area (Å²) in [5.41, 5.74) is 0. The third-order valence-electron chi connectivity index (χ3n) is 0.0500. The first-order chi connectivity index (χ1) is 3.33. The summed E-state index contributed by atoms with van der Waals surface area (Å²) in [5.74, 6) is 0. The van der Waals surface area contributed by atoms with Crippen LogP contribution < -0.4 is 0 Å². The summed E-state index contributed by atoms with van der Waals surface area (Å²) in [7, 11) is 0. The molecule has 0 aliphatic rings. The molecule has 0 unspecified atom stereocenters. The Morgan fingerprint density at radius 1 is 1.00 bits per heavy atom. The van der Waals surface area contributed by atoms with Gasteiger partial charge in [0.2, 0.25) is 0 Å². The summed E-state index contributed by atoms with van der Waals surface area (Å²) in [6, 6.07) is 2.47. The maximum atomic E-state index is 7.26. The Morgan fingerprint density at radius 3 is 1.14 bits per heavy atom. The van der Waals surface area contributed by atoms with Crippen molar-refractivity contribution in [2.45, 2.75) is 0 Å². The number of nitrogens with zero attached hydrogens (tertiary/aromatic N) is 3. The van der Waals surface area contributed by atoms with Crippen molar-refractivity contribution < 1.29 is 0 Å². The fraction of sp³-hybridized carbons (Fsp3) is 0. The molecule has 0 radical (unpaired) electrons. The molecule has 0 aromatic carbocycles. The Bertz CT molecular complexity index is 120. The molecule has 7 heavy (non-hydrogen) atoms. The minimum absolute atomic E-state index is 1.24. The second-order valence-corrected chi connectivity index (χ2v) is 0.497. The molecule has 0 bridgehead atoms. The zero-order valence-corrected chi connectivity index (χ0v) is 4.07. The highest BCUT2D eigenvalue weighted by Gasteiger charge is 1.39. The Labute approximate surface area is 46.8 Å². The Hall–Kier alpha value is -1.31. The highest BCUT2D eigenvalue weighted by Crippen LogP contribution is 1.27. The van der Waals surface area contributed by atoms with E-state index in [1.807, 2.05) is 0 Å². The minimum Gasteiger partial charge on any atom is -0.696 e. The average molecular weight is 110 g/mol. The van der Waals surface area contributed by atoms with Crippen LogP contribution in [0, 0.1) is 33.3 Å². The van der Waals surface area contributed by atoms with E-state index in [-0.39, 0.29) is 0 Å². The number of hydrogen-bond acceptors (Lipinski definition) is 4. The minimum atomic E-state index is 1.24. The molecule has 0 aliphatic heterocycles. The Kier molecular flexibility index (Phi) is 29.4. The van der Waals surface area contributed by atoms with Crippen molar-refractivity contribution in [3.05, 3.63) is 0 Å². The normalized spacial score (nSPS) is 2.43. The van der Waals surface area contributed by atoms with E-state index in [4.69, 9.17) is 15.8 Å². The van der Waals surface area contributed by atoms with E-state index in [1.165, 1.54) is 17.5 Å². The topological polar surface area (TPSA) is 71.4 Å². The smallest absolute Gasteiger partial charge is 0.181 e. The molecule has 0 saturated heterocycles. The second-order valence-electron chi connectivity index (χ2n) is 0.315. The molecule has 0 heterocycles. The van der Waals surface area contributed by atoms with Gasteiger partial charge in [0, 0.05) is 0 Å². The molecule has 0 aliphatic carbocycles. The van der Waals surface area contributed by atoms with Crippen LogP contribution in [-0.2, 0) is 12.6 Å². The van der Waals surface area contributed by atoms with Gasteiger partial charge in [0.05, 0.1) is 0 Å². The molecular formula is C3N3S-. The van der Waals surface area contributed by atoms with Crippen molar-refractivity contribution in [1.82, 2.24) is 0 Å². The van der Waals surface area contributed by atoms with Gasteiger partial charge in [0.1, 0.15) is 0 Å². The predicted octanol–water partition coefficient (Wildman–Crippen LogP) is 0.0479. The molecule has 4 heteroatoms. The SMILES string of the molecule is N#CC#N.N#C[S-]. The summed E-state index contributed by atoms with van der Waals surface area (Å²) >= 11 is 3.70. The molecule has 0 rings (SSSR count). The molecule has 0 saturated carbocycles. The maximum absolute atomic E-state index is 7.26. The maximum Gasteiger partial charge on any atom is 0.181 e. The molecule has 0 aromatic heterocycles. The monoisotopic (exact) mass is 110 g/mol. The highest BCUT2D eigenvalue weighted by molar-refractivity contribution is 7.64. The first-order valence-electron chi connectivity index (χ1n) is 1.12. The van der Waals surface area contributed by atoms with Gasteiger partial charge in [-0.2, -0.15) is 10.5 Å². The van der Waals surface area contributed by atoms with E-state index in [9.17, 15) is 0 Å². The molecule has 3 nitrogen and oxygen atoms in total. The van der Waals surface area contributed by atoms with Gasteiger partial charge in [-0.1, -0.05) is 5.40 Å². The molecule has 0 spiro atoms. The van der Waals surface area contributed by atoms with E-state index in [0.717, 1.165) is 0 Å². The van der Waals surface area contributed by atoms with Crippen LogP contribution in [0.25, 0.3) is 0 Å². The second kappa shape index (κ2) is 22.4. The zero-order valence-electron chi connectivity index (χ0n) is 3.25. The lowest BCUT2D eigenvalue weighted by Gasteiger charge is -1.53. The molecule has 34 valence electrons. The largest absolute Gasteiger partial charge is 0.696 e. The number of thiocyanates is 1. The van der Waals surface area contributed by atoms with E-state index >= 15 is 0 Å². The highest BCUT2D eigenvalue weighted by atomic mass is 32.1. The summed E-state index contributed by atoms with van der Waals surface area (Å²) in [4.78, 5) is 0. The third-order valence-corrected chi connectivity index (χ3v) is 0.0500. The summed E-state index contributed by atoms with van der Waals surface area (Å²) in [6.07, 6.45) is 0. The van der Waals surface area contributed by atoms with Gasteiger partial charge in [-0.25, -0.2) is 5.26 Å². The van der Waals surface area contributed by atoms with Crippen molar-refractivity contribution >= 4 is 12.6 Å². The number of rotatable bonds is 0. The first-order valence-corrected chi connectivity index (χ1v) is 1.53. The summed E-state index contributed by atoms with van der Waals surface area (Å²) < 4.78 is 0. The first kappa shape index (κ1) is 9.19. The molecule has 0 aromatic rings. The van der Waals surface area contributed by atoms with Crippen molar-refractivity contribution in [2.75, 3.05) is 0 Å². The van der Waals surface area contributed by atoms with Crippen molar-refractivity contribution in [2.24, 2.45) is 0 Å². The summed E-state index contributed by atoms with van der Waals surface area (Å²) in [6.45, 7) is 0. The van der Waals surface area contributed by atoms with Crippen LogP contribution in [0.5, 0.6) is 0 Å². The van der Waals surface area contributed by atoms with E-state index in [0.29, 0.717) is 0 Å². The number of hydrogen-bond donors (Lipinski definition) is 0. The van der Waals surface area contributed by atoms with Crippen LogP contribution >= 0.6 is 0 Å². The van der Waals surface area contributed by atoms with Crippen LogP contribution in [-0.4, -0.2) is 0 Å². The zero-order chi connectivity index (χ0) is 6.12. The average Bonchev–Trinajstić information content (AvgIpc) is 1.69. The third kappa shape index (κ3) is 353. The van der Waals surface area contributed by atoms with Crippen LogP contribution in [0.4, 0.5) is 0 Å². The lowest BCUT2D eigenvalue weighted by atomic mass is 10.9. The predicted molar refractivity (Wildman–Crippen MR) is 24.2 cm³/mol. The molecule has 0 amide bonds. The van der Waals surface area contributed by atoms with Crippen LogP contribution in [0.1, 0.15) is 0 Å². The standard InChI is InChI=1S/C2N2.CHNS/c3-1-2-4;2-1-3/h;3H/p-1. The van der Waals surface area contributed by atoms with Gasteiger partial charge in [-0.05, 0) is 0 Å². The Morgan fingerprint density at radius 2 is 1.14 bits per heavy atom. The van der Waals surface area contributed by atoms with E-state index < -0.39 is 0 Å². The van der Waals surface area contributed by atoms with E-state index in [2.05, 4.69) is 12.6 Å². The van der Waals surface area contributed by atoms with Crippen LogP contribution in [0.2, 0.25) is 0 Å². The fourth-order valence-electron chi connectivity index (χ4n) is 0. The van der Waals surface area contributed by atoms with Gasteiger partial charge in [-0.3, -0.25) is 0 Å². The van der Waals surface area contributed by atoms with Gasteiger partial charge in [-0.15, -0.1) is 0 Å². The van der Waals surface area contributed by atoms with Gasteiger partial charge in [0.15, 0.2) is 12.1 Å². The van der Waals surface area contributed by atoms with Crippen molar-refractivity contribution in [3.8, 4) is 17.5 Å². The van der Waals surface area contributed by atoms with Crippen LogP contribution in [0.3, 0.4) is 0 Å². The lowest BCUT2D eigenvalue weighted by Crippen LogP contribution is -1.26. The molecular weight excluding hydrogens is 110 g/mol. The van der Waals surface area contributed by atoms with Crippen molar-refractivity contribution in [1.29, 1.82) is 15.8 Å². The van der Waals surface area contributed by atoms with Gasteiger partial charge >= 0.3 is 0 Å². The fourth-order valence-corrected chi connectivity index (χ4v) is 0. The van der Waals surface area contributed by atoms with E-state index in [1.54, 1.807) is 0 Å².